The second kappa shape index (κ2) is 7.37. The summed E-state index contributed by atoms with van der Waals surface area (Å²) in [4.78, 5) is 15.2. The number of hydrogen-bond donors (Lipinski definition) is 0. The minimum atomic E-state index is 0.175. The summed E-state index contributed by atoms with van der Waals surface area (Å²) in [7, 11) is 0. The van der Waals surface area contributed by atoms with E-state index < -0.39 is 0 Å². The number of ketones is 1. The van der Waals surface area contributed by atoms with Crippen LogP contribution in [0.25, 0.3) is 5.69 Å². The van der Waals surface area contributed by atoms with Gasteiger partial charge < -0.3 is 9.30 Å². The van der Waals surface area contributed by atoms with Crippen LogP contribution in [0.15, 0.2) is 24.3 Å². The lowest BCUT2D eigenvalue weighted by Gasteiger charge is -2.34. The van der Waals surface area contributed by atoms with E-state index in [4.69, 9.17) is 4.74 Å². The summed E-state index contributed by atoms with van der Waals surface area (Å²) in [6, 6.07) is 8.48. The number of ether oxygens (including phenoxy) is 1. The summed E-state index contributed by atoms with van der Waals surface area (Å²) in [6.45, 7) is 14.6. The van der Waals surface area contributed by atoms with E-state index in [1.165, 1.54) is 11.1 Å². The van der Waals surface area contributed by atoms with E-state index in [9.17, 15) is 4.79 Å². The topological polar surface area (TPSA) is 34.5 Å². The molecule has 2 aromatic rings. The zero-order valence-electron chi connectivity index (χ0n) is 16.8. The first-order valence-electron chi connectivity index (χ1n) is 9.44. The third kappa shape index (κ3) is 3.76. The lowest BCUT2D eigenvalue weighted by Crippen LogP contribution is -2.47. The zero-order chi connectivity index (χ0) is 19.0. The number of carbonyl (C=O) groups is 1. The molecule has 4 nitrogen and oxygen atoms in total. The minimum absolute atomic E-state index is 0.175. The summed E-state index contributed by atoms with van der Waals surface area (Å²) in [6.07, 6.45) is 0.351. The molecule has 1 aliphatic heterocycles. The van der Waals surface area contributed by atoms with Crippen LogP contribution in [-0.2, 0) is 4.74 Å². The molecule has 1 aromatic carbocycles. The molecule has 140 valence electrons. The maximum absolute atomic E-state index is 13.0. The summed E-state index contributed by atoms with van der Waals surface area (Å²) in [5, 5.41) is 0. The van der Waals surface area contributed by atoms with Crippen molar-refractivity contribution in [3.05, 3.63) is 52.3 Å². The maximum Gasteiger partial charge on any atom is 0.178 e. The lowest BCUT2D eigenvalue weighted by molar-refractivity contribution is -0.0652. The molecule has 2 atom stereocenters. The first-order chi connectivity index (χ1) is 12.3. The number of carbonyl (C=O) groups excluding carboxylic acids is 1. The Kier molecular flexibility index (Phi) is 5.35. The number of rotatable bonds is 4. The number of aromatic nitrogens is 1. The van der Waals surface area contributed by atoms with Gasteiger partial charge in [-0.15, -0.1) is 0 Å². The maximum atomic E-state index is 13.0. The largest absolute Gasteiger partial charge is 0.373 e. The average molecular weight is 354 g/mol. The lowest BCUT2D eigenvalue weighted by atomic mass is 10.1. The van der Waals surface area contributed by atoms with Gasteiger partial charge in [0.15, 0.2) is 5.78 Å². The van der Waals surface area contributed by atoms with Crippen molar-refractivity contribution in [2.24, 2.45) is 0 Å². The van der Waals surface area contributed by atoms with E-state index in [-0.39, 0.29) is 18.0 Å². The molecule has 1 aromatic heterocycles. The molecular formula is C22H30N2O2. The summed E-state index contributed by atoms with van der Waals surface area (Å²) in [5.41, 5.74) is 6.61. The van der Waals surface area contributed by atoms with E-state index in [2.05, 4.69) is 62.3 Å². The van der Waals surface area contributed by atoms with Crippen LogP contribution in [0.4, 0.5) is 0 Å². The molecule has 1 saturated heterocycles. The predicted molar refractivity (Wildman–Crippen MR) is 105 cm³/mol. The minimum Gasteiger partial charge on any atom is -0.373 e. The highest BCUT2D eigenvalue weighted by molar-refractivity contribution is 5.99. The van der Waals surface area contributed by atoms with Crippen molar-refractivity contribution in [1.82, 2.24) is 9.47 Å². The van der Waals surface area contributed by atoms with Crippen LogP contribution in [0.2, 0.25) is 0 Å². The molecular weight excluding hydrogens is 324 g/mol. The summed E-state index contributed by atoms with van der Waals surface area (Å²) < 4.78 is 7.96. The van der Waals surface area contributed by atoms with Gasteiger partial charge in [-0.05, 0) is 70.9 Å². The van der Waals surface area contributed by atoms with Gasteiger partial charge >= 0.3 is 0 Å². The van der Waals surface area contributed by atoms with Gasteiger partial charge in [0, 0.05) is 35.7 Å². The van der Waals surface area contributed by atoms with Crippen LogP contribution in [0.3, 0.4) is 0 Å². The van der Waals surface area contributed by atoms with Crippen molar-refractivity contribution in [2.75, 3.05) is 19.6 Å². The first kappa shape index (κ1) is 18.9. The highest BCUT2D eigenvalue weighted by Crippen LogP contribution is 2.23. The van der Waals surface area contributed by atoms with Gasteiger partial charge in [0.2, 0.25) is 0 Å². The Morgan fingerprint density at radius 1 is 1.04 bits per heavy atom. The molecule has 0 saturated carbocycles. The average Bonchev–Trinajstić information content (AvgIpc) is 2.84. The Bertz CT molecular complexity index is 812. The molecule has 0 aliphatic carbocycles. The number of nitrogens with zero attached hydrogens (tertiary/aromatic N) is 2. The highest BCUT2D eigenvalue weighted by atomic mass is 16.5. The molecule has 0 amide bonds. The summed E-state index contributed by atoms with van der Waals surface area (Å²) >= 11 is 0. The number of benzene rings is 1. The molecule has 3 rings (SSSR count). The third-order valence-electron chi connectivity index (χ3n) is 5.34. The van der Waals surface area contributed by atoms with Crippen molar-refractivity contribution in [3.8, 4) is 5.69 Å². The van der Waals surface area contributed by atoms with Gasteiger partial charge in [0.05, 0.1) is 18.8 Å². The van der Waals surface area contributed by atoms with Crippen LogP contribution < -0.4 is 0 Å². The second-order valence-electron chi connectivity index (χ2n) is 7.76. The van der Waals surface area contributed by atoms with Gasteiger partial charge in [-0.2, -0.15) is 0 Å². The molecule has 2 heterocycles. The summed E-state index contributed by atoms with van der Waals surface area (Å²) in [5.74, 6) is 0.189. The molecule has 4 heteroatoms. The van der Waals surface area contributed by atoms with Gasteiger partial charge in [0.1, 0.15) is 0 Å². The Morgan fingerprint density at radius 3 is 2.31 bits per heavy atom. The molecule has 0 spiro atoms. The number of aryl methyl sites for hydroxylation is 3. The molecule has 26 heavy (non-hydrogen) atoms. The standard InChI is InChI=1S/C22H30N2O2/c1-14-7-8-20(9-15(14)2)24-16(3)10-21(19(24)6)22(25)13-23-11-17(4)26-18(5)12-23/h7-10,17-18H,11-13H2,1-6H3/t17-,18-/m1/s1. The van der Waals surface area contributed by atoms with Crippen LogP contribution in [0.5, 0.6) is 0 Å². The van der Waals surface area contributed by atoms with E-state index in [0.29, 0.717) is 6.54 Å². The van der Waals surface area contributed by atoms with Gasteiger partial charge in [-0.3, -0.25) is 9.69 Å². The Hall–Kier alpha value is -1.91. The zero-order valence-corrected chi connectivity index (χ0v) is 16.8. The quantitative estimate of drug-likeness (QED) is 0.778. The first-order valence-corrected chi connectivity index (χ1v) is 9.44. The normalized spacial score (nSPS) is 21.2. The van der Waals surface area contributed by atoms with Crippen molar-refractivity contribution in [1.29, 1.82) is 0 Å². The molecule has 0 radical (unpaired) electrons. The Labute approximate surface area is 156 Å². The smallest absolute Gasteiger partial charge is 0.178 e. The van der Waals surface area contributed by atoms with Crippen LogP contribution in [0.1, 0.15) is 46.7 Å². The van der Waals surface area contributed by atoms with Crippen molar-refractivity contribution in [3.63, 3.8) is 0 Å². The molecule has 0 bridgehead atoms. The molecule has 0 unspecified atom stereocenters. The van der Waals surface area contributed by atoms with E-state index in [1.54, 1.807) is 0 Å². The Balaban J connectivity index is 1.85. The molecule has 1 aliphatic rings. The molecule has 0 N–H and O–H groups in total. The fourth-order valence-electron chi connectivity index (χ4n) is 4.01. The Morgan fingerprint density at radius 2 is 1.69 bits per heavy atom. The van der Waals surface area contributed by atoms with Gasteiger partial charge in [-0.1, -0.05) is 6.07 Å². The number of hydrogen-bond acceptors (Lipinski definition) is 3. The predicted octanol–water partition coefficient (Wildman–Crippen LogP) is 4.00. The highest BCUT2D eigenvalue weighted by Gasteiger charge is 2.25. The second-order valence-corrected chi connectivity index (χ2v) is 7.76. The number of morpholine rings is 1. The fourth-order valence-corrected chi connectivity index (χ4v) is 4.01. The van der Waals surface area contributed by atoms with Crippen molar-refractivity contribution >= 4 is 5.78 Å². The van der Waals surface area contributed by atoms with Crippen LogP contribution in [-0.4, -0.2) is 47.1 Å². The van der Waals surface area contributed by atoms with Crippen LogP contribution >= 0.6 is 0 Å². The van der Waals surface area contributed by atoms with Crippen LogP contribution in [0, 0.1) is 27.7 Å². The van der Waals surface area contributed by atoms with Crippen molar-refractivity contribution < 1.29 is 9.53 Å². The fraction of sp³-hybridized carbons (Fsp3) is 0.500. The van der Waals surface area contributed by atoms with Gasteiger partial charge in [0.25, 0.3) is 0 Å². The van der Waals surface area contributed by atoms with Gasteiger partial charge in [-0.25, -0.2) is 0 Å². The monoisotopic (exact) mass is 354 g/mol. The van der Waals surface area contributed by atoms with E-state index in [0.717, 1.165) is 35.7 Å². The van der Waals surface area contributed by atoms with E-state index >= 15 is 0 Å². The van der Waals surface area contributed by atoms with Crippen molar-refractivity contribution in [2.45, 2.75) is 53.8 Å². The third-order valence-corrected chi connectivity index (χ3v) is 5.34. The SMILES string of the molecule is Cc1ccc(-n2c(C)cc(C(=O)CN3C[C@@H](C)O[C@H](C)C3)c2C)cc1C. The molecule has 1 fully saturated rings. The van der Waals surface area contributed by atoms with E-state index in [1.807, 2.05) is 13.0 Å². The number of Topliss-reactive ketones (excluding diaryl/α,β-unsaturated/α-hetero) is 1.